The van der Waals surface area contributed by atoms with E-state index in [1.165, 1.54) is 11.1 Å². The molecule has 0 aliphatic carbocycles. The molecule has 1 aromatic heterocycles. The first-order chi connectivity index (χ1) is 24.8. The number of hydrogen-bond donors (Lipinski definition) is 3. The molecule has 0 radical (unpaired) electrons. The van der Waals surface area contributed by atoms with Crippen molar-refractivity contribution in [1.82, 2.24) is 10.2 Å². The van der Waals surface area contributed by atoms with Gasteiger partial charge in [-0.3, -0.25) is 9.78 Å². The molecule has 13 nitrogen and oxygen atoms in total. The Morgan fingerprint density at radius 1 is 0.925 bits per heavy atom. The molecule has 0 bridgehead atoms. The van der Waals surface area contributed by atoms with Gasteiger partial charge in [-0.2, -0.15) is 0 Å². The number of hydrogen-bond acceptors (Lipinski definition) is 10. The summed E-state index contributed by atoms with van der Waals surface area (Å²) in [5.41, 5.74) is 6.43. The van der Waals surface area contributed by atoms with Crippen molar-refractivity contribution in [2.24, 2.45) is 5.73 Å². The molecular weight excluding hydrogens is 699 g/mol. The van der Waals surface area contributed by atoms with Gasteiger partial charge < -0.3 is 20.9 Å². The van der Waals surface area contributed by atoms with Crippen molar-refractivity contribution in [1.29, 1.82) is 0 Å². The van der Waals surface area contributed by atoms with Gasteiger partial charge in [0.1, 0.15) is 5.60 Å². The van der Waals surface area contributed by atoms with Gasteiger partial charge in [-0.1, -0.05) is 42.4 Å². The van der Waals surface area contributed by atoms with Gasteiger partial charge in [-0.05, 0) is 113 Å². The second-order valence-corrected chi connectivity index (χ2v) is 16.8. The number of hydrazine groups is 1. The quantitative estimate of drug-likeness (QED) is 0.113. The van der Waals surface area contributed by atoms with Gasteiger partial charge in [0, 0.05) is 36.4 Å². The summed E-state index contributed by atoms with van der Waals surface area (Å²) >= 11 is 0. The van der Waals surface area contributed by atoms with Crippen LogP contribution >= 0.6 is 0 Å². The highest BCUT2D eigenvalue weighted by molar-refractivity contribution is 7.91. The van der Waals surface area contributed by atoms with Crippen molar-refractivity contribution in [3.8, 4) is 0 Å². The predicted molar refractivity (Wildman–Crippen MR) is 204 cm³/mol. The van der Waals surface area contributed by atoms with Gasteiger partial charge >= 0.3 is 12.1 Å². The minimum absolute atomic E-state index is 0.0113. The fourth-order valence-corrected chi connectivity index (χ4v) is 6.64. The number of fused-ring (bicyclic) bond motifs is 1. The first-order valence-corrected chi connectivity index (χ1v) is 19.0. The van der Waals surface area contributed by atoms with Crippen molar-refractivity contribution in [2.75, 3.05) is 16.1 Å². The lowest BCUT2D eigenvalue weighted by molar-refractivity contribution is -0.221. The van der Waals surface area contributed by atoms with Crippen LogP contribution in [-0.4, -0.2) is 58.6 Å². The molecule has 4 N–H and O–H groups in total. The molecule has 0 aliphatic rings. The van der Waals surface area contributed by atoms with Crippen LogP contribution in [0.4, 0.5) is 16.2 Å². The molecule has 1 unspecified atom stereocenters. The van der Waals surface area contributed by atoms with Gasteiger partial charge in [-0.25, -0.2) is 27.9 Å². The maximum absolute atomic E-state index is 13.8. The van der Waals surface area contributed by atoms with Crippen LogP contribution in [0.2, 0.25) is 0 Å². The average molecular weight is 748 g/mol. The number of pyridine rings is 1. The Kier molecular flexibility index (Phi) is 12.9. The normalized spacial score (nSPS) is 12.6. The van der Waals surface area contributed by atoms with Crippen LogP contribution in [0.3, 0.4) is 0 Å². The SMILES string of the molecule is CCS(=O)(=O)c1ccc(NC(=O)CCCc2ccc(C(C(=O)O)N(c3ccc4cnccc4c3)N(OC(C)(C)C)C(=O)OC(C)(C)C)cc2)cc1CN. The highest BCUT2D eigenvalue weighted by Gasteiger charge is 2.40. The van der Waals surface area contributed by atoms with Crippen molar-refractivity contribution in [3.05, 3.63) is 95.8 Å². The molecule has 0 fully saturated rings. The summed E-state index contributed by atoms with van der Waals surface area (Å²) < 4.78 is 30.5. The largest absolute Gasteiger partial charge is 0.479 e. The van der Waals surface area contributed by atoms with Crippen LogP contribution in [0.25, 0.3) is 10.8 Å². The number of anilines is 2. The van der Waals surface area contributed by atoms with Gasteiger partial charge in [0.25, 0.3) is 0 Å². The third-order valence-electron chi connectivity index (χ3n) is 7.92. The zero-order valence-electron chi connectivity index (χ0n) is 31.3. The average Bonchev–Trinajstić information content (AvgIpc) is 3.08. The Labute approximate surface area is 310 Å². The van der Waals surface area contributed by atoms with E-state index in [0.29, 0.717) is 35.3 Å². The summed E-state index contributed by atoms with van der Waals surface area (Å²) in [7, 11) is -3.45. The molecule has 1 atom stereocenters. The number of aromatic nitrogens is 1. The highest BCUT2D eigenvalue weighted by Crippen LogP contribution is 2.34. The van der Waals surface area contributed by atoms with E-state index in [2.05, 4.69) is 10.3 Å². The number of benzene rings is 3. The van der Waals surface area contributed by atoms with Crippen molar-refractivity contribution < 1.29 is 37.5 Å². The topological polar surface area (TPSA) is 181 Å². The number of ether oxygens (including phenoxy) is 1. The zero-order valence-corrected chi connectivity index (χ0v) is 32.1. The number of carbonyl (C=O) groups excluding carboxylic acids is 2. The number of aryl methyl sites for hydroxylation is 1. The number of rotatable bonds is 14. The highest BCUT2D eigenvalue weighted by atomic mass is 32.2. The Morgan fingerprint density at radius 3 is 2.23 bits per heavy atom. The van der Waals surface area contributed by atoms with Crippen LogP contribution in [0.15, 0.2) is 84.0 Å². The molecule has 0 aliphatic heterocycles. The van der Waals surface area contributed by atoms with E-state index in [0.717, 1.165) is 21.5 Å². The summed E-state index contributed by atoms with van der Waals surface area (Å²) in [5.74, 6) is -1.54. The van der Waals surface area contributed by atoms with Gasteiger partial charge in [-0.15, -0.1) is 0 Å². The molecule has 0 saturated heterocycles. The standard InChI is InChI=1S/C39H49N5O8S/c1-8-53(49,50)33-19-17-31(22-30(33)24-40)42-34(45)11-9-10-26-12-14-27(15-13-26)35(36(46)47)43(32-18-16-29-25-41-21-20-28(29)23-32)44(52-39(5,6)7)37(48)51-38(2,3)4/h12-23,25,35H,8-11,24,40H2,1-7H3,(H,42,45)(H,46,47). The molecule has 0 spiro atoms. The van der Waals surface area contributed by atoms with Gasteiger partial charge in [0.05, 0.1) is 21.9 Å². The number of nitrogens with zero attached hydrogens (tertiary/aromatic N) is 3. The first-order valence-electron chi connectivity index (χ1n) is 17.3. The number of nitrogens with two attached hydrogens (primary N) is 1. The molecule has 4 aromatic rings. The summed E-state index contributed by atoms with van der Waals surface area (Å²) in [6.45, 7) is 11.9. The number of amides is 2. The molecule has 0 saturated carbocycles. The lowest BCUT2D eigenvalue weighted by Gasteiger charge is -2.41. The number of carbonyl (C=O) groups is 3. The third kappa shape index (κ3) is 11.0. The van der Waals surface area contributed by atoms with Crippen LogP contribution in [0.5, 0.6) is 0 Å². The first kappa shape index (κ1) is 40.7. The van der Waals surface area contributed by atoms with E-state index in [9.17, 15) is 27.9 Å². The lowest BCUT2D eigenvalue weighted by atomic mass is 10.0. The fraction of sp³-hybridized carbons (Fsp3) is 0.385. The van der Waals surface area contributed by atoms with E-state index in [4.69, 9.17) is 15.3 Å². The van der Waals surface area contributed by atoms with E-state index < -0.39 is 39.1 Å². The summed E-state index contributed by atoms with van der Waals surface area (Å²) in [6, 6.07) is 17.1. The number of hydroxylamine groups is 1. The van der Waals surface area contributed by atoms with Crippen molar-refractivity contribution in [3.63, 3.8) is 0 Å². The minimum Gasteiger partial charge on any atom is -0.479 e. The van der Waals surface area contributed by atoms with Crippen LogP contribution in [0, 0.1) is 0 Å². The Balaban J connectivity index is 1.58. The van der Waals surface area contributed by atoms with Gasteiger partial charge in [0.2, 0.25) is 5.91 Å². The second-order valence-electron chi connectivity index (χ2n) is 14.5. The number of carboxylic acid groups (broad SMARTS) is 1. The number of aliphatic carboxylic acids is 1. The van der Waals surface area contributed by atoms with E-state index >= 15 is 0 Å². The third-order valence-corrected chi connectivity index (χ3v) is 9.75. The Hall–Kier alpha value is -5.05. The molecule has 53 heavy (non-hydrogen) atoms. The summed E-state index contributed by atoms with van der Waals surface area (Å²) in [4.78, 5) is 50.2. The number of nitrogens with one attached hydrogen (secondary N) is 1. The number of carboxylic acids is 1. The second kappa shape index (κ2) is 16.7. The van der Waals surface area contributed by atoms with Crippen LogP contribution < -0.4 is 16.1 Å². The Bertz CT molecular complexity index is 2040. The zero-order chi connectivity index (χ0) is 39.1. The number of sulfone groups is 1. The van der Waals surface area contributed by atoms with E-state index in [1.54, 1.807) is 122 Å². The lowest BCUT2D eigenvalue weighted by Crippen LogP contribution is -2.54. The summed E-state index contributed by atoms with van der Waals surface area (Å²) in [5, 5.41) is 17.3. The maximum atomic E-state index is 13.8. The Morgan fingerprint density at radius 2 is 1.62 bits per heavy atom. The molecule has 2 amide bonds. The molecule has 4 rings (SSSR count). The van der Waals surface area contributed by atoms with Gasteiger partial charge in [0.15, 0.2) is 15.9 Å². The molecule has 1 heterocycles. The van der Waals surface area contributed by atoms with Crippen LogP contribution in [0.1, 0.15) is 84.0 Å². The molecule has 3 aromatic carbocycles. The molecule has 14 heteroatoms. The van der Waals surface area contributed by atoms with Crippen LogP contribution in [-0.2, 0) is 42.0 Å². The molecular formula is C39H49N5O8S. The monoisotopic (exact) mass is 747 g/mol. The summed E-state index contributed by atoms with van der Waals surface area (Å²) in [6.07, 6.45) is 3.61. The predicted octanol–water partition coefficient (Wildman–Crippen LogP) is 6.96. The molecule has 284 valence electrons. The fourth-order valence-electron chi connectivity index (χ4n) is 5.51. The van der Waals surface area contributed by atoms with E-state index in [-0.39, 0.29) is 29.5 Å². The maximum Gasteiger partial charge on any atom is 0.454 e. The van der Waals surface area contributed by atoms with Crippen molar-refractivity contribution >= 4 is 50.0 Å². The van der Waals surface area contributed by atoms with E-state index in [1.807, 2.05) is 0 Å². The minimum atomic E-state index is -3.45. The smallest absolute Gasteiger partial charge is 0.454 e. The van der Waals surface area contributed by atoms with Crippen molar-refractivity contribution in [2.45, 2.75) is 96.4 Å².